The number of aliphatic hydroxyl groups excluding tert-OH is 1. The first kappa shape index (κ1) is 11.2. The lowest BCUT2D eigenvalue weighted by molar-refractivity contribution is -0.214. The maximum Gasteiger partial charge on any atom is 0.433 e. The maximum absolute atomic E-state index is 11.6. The second-order valence-electron chi connectivity index (χ2n) is 2.61. The molecule has 1 unspecified atom stereocenters. The van der Waals surface area contributed by atoms with Crippen LogP contribution >= 0.6 is 0 Å². The largest absolute Gasteiger partial charge is 0.433 e. The van der Waals surface area contributed by atoms with Gasteiger partial charge in [-0.15, -0.1) is 0 Å². The summed E-state index contributed by atoms with van der Waals surface area (Å²) < 4.78 is 34.8. The molecular formula is C6H10F3NO2. The molecule has 0 spiro atoms. The minimum Gasteiger partial charge on any atom is -0.366 e. The molecule has 1 amide bonds. The first-order valence-corrected chi connectivity index (χ1v) is 3.30. The van der Waals surface area contributed by atoms with Crippen LogP contribution in [0.25, 0.3) is 0 Å². The van der Waals surface area contributed by atoms with E-state index in [-0.39, 0.29) is 0 Å². The van der Waals surface area contributed by atoms with Gasteiger partial charge in [0.15, 0.2) is 0 Å². The lowest BCUT2D eigenvalue weighted by atomic mass is 10.2. The minimum absolute atomic E-state index is 0.581. The second-order valence-corrected chi connectivity index (χ2v) is 2.61. The predicted octanol–water partition coefficient (Wildman–Crippen LogP) is 0.639. The molecule has 0 radical (unpaired) electrons. The monoisotopic (exact) mass is 185 g/mol. The number of hydrogen-bond donors (Lipinski definition) is 2. The third-order valence-corrected chi connectivity index (χ3v) is 1.11. The Morgan fingerprint density at radius 3 is 2.08 bits per heavy atom. The lowest BCUT2D eigenvalue weighted by Gasteiger charge is -2.16. The van der Waals surface area contributed by atoms with Crippen LogP contribution in [-0.4, -0.2) is 23.4 Å². The Labute approximate surface area is 67.6 Å². The maximum atomic E-state index is 11.6. The van der Waals surface area contributed by atoms with Crippen LogP contribution in [0.2, 0.25) is 0 Å². The first-order chi connectivity index (χ1) is 5.25. The SMILES string of the molecule is CC(C)C(=O)NC(O)C(F)(F)F. The summed E-state index contributed by atoms with van der Waals surface area (Å²) in [5, 5.41) is 9.76. The molecule has 0 aliphatic heterocycles. The van der Waals surface area contributed by atoms with E-state index in [1.165, 1.54) is 19.2 Å². The lowest BCUT2D eigenvalue weighted by Crippen LogP contribution is -2.46. The Kier molecular flexibility index (Phi) is 3.51. The van der Waals surface area contributed by atoms with E-state index in [2.05, 4.69) is 0 Å². The Morgan fingerprint density at radius 2 is 1.83 bits per heavy atom. The molecule has 1 atom stereocenters. The molecule has 0 aromatic rings. The third kappa shape index (κ3) is 3.56. The molecular weight excluding hydrogens is 175 g/mol. The summed E-state index contributed by atoms with van der Waals surface area (Å²) >= 11 is 0. The summed E-state index contributed by atoms with van der Waals surface area (Å²) in [5.74, 6) is -1.41. The fourth-order valence-corrected chi connectivity index (χ4v) is 0.383. The van der Waals surface area contributed by atoms with Gasteiger partial charge < -0.3 is 10.4 Å². The van der Waals surface area contributed by atoms with Crippen molar-refractivity contribution in [3.8, 4) is 0 Å². The van der Waals surface area contributed by atoms with Gasteiger partial charge in [0.1, 0.15) is 0 Å². The number of hydrogen-bond acceptors (Lipinski definition) is 2. The normalized spacial score (nSPS) is 14.6. The standard InChI is InChI=1S/C6H10F3NO2/c1-3(2)4(11)10-5(12)6(7,8)9/h3,5,12H,1-2H3,(H,10,11). The number of carbonyl (C=O) groups is 1. The highest BCUT2D eigenvalue weighted by Gasteiger charge is 2.39. The molecule has 0 aliphatic rings. The number of carbonyl (C=O) groups excluding carboxylic acids is 1. The van der Waals surface area contributed by atoms with Gasteiger partial charge in [0.2, 0.25) is 12.1 Å². The predicted molar refractivity (Wildman–Crippen MR) is 35.0 cm³/mol. The molecule has 0 saturated heterocycles. The molecule has 0 aromatic carbocycles. The number of alkyl halides is 3. The summed E-state index contributed by atoms with van der Waals surface area (Å²) in [5.41, 5.74) is 0. The summed E-state index contributed by atoms with van der Waals surface area (Å²) in [4.78, 5) is 10.6. The van der Waals surface area contributed by atoms with Gasteiger partial charge in [0, 0.05) is 5.92 Å². The Balaban J connectivity index is 4.02. The van der Waals surface area contributed by atoms with Crippen LogP contribution in [0.5, 0.6) is 0 Å². The number of aliphatic hydroxyl groups is 1. The van der Waals surface area contributed by atoms with Crippen LogP contribution in [0.15, 0.2) is 0 Å². The number of amides is 1. The zero-order valence-electron chi connectivity index (χ0n) is 6.64. The molecule has 0 heterocycles. The smallest absolute Gasteiger partial charge is 0.366 e. The van der Waals surface area contributed by atoms with Crippen molar-refractivity contribution in [1.29, 1.82) is 0 Å². The van der Waals surface area contributed by atoms with Crippen molar-refractivity contribution in [2.75, 3.05) is 0 Å². The van der Waals surface area contributed by atoms with E-state index >= 15 is 0 Å². The van der Waals surface area contributed by atoms with Crippen molar-refractivity contribution in [2.45, 2.75) is 26.3 Å². The van der Waals surface area contributed by atoms with Crippen LogP contribution < -0.4 is 5.32 Å². The molecule has 0 aromatic heterocycles. The van der Waals surface area contributed by atoms with Crippen molar-refractivity contribution < 1.29 is 23.1 Å². The molecule has 12 heavy (non-hydrogen) atoms. The van der Waals surface area contributed by atoms with Gasteiger partial charge in [-0.3, -0.25) is 4.79 Å². The van der Waals surface area contributed by atoms with Crippen LogP contribution in [0, 0.1) is 5.92 Å². The minimum atomic E-state index is -4.80. The molecule has 72 valence electrons. The number of halogens is 3. The fraction of sp³-hybridized carbons (Fsp3) is 0.833. The summed E-state index contributed by atoms with van der Waals surface area (Å²) in [7, 11) is 0. The van der Waals surface area contributed by atoms with Gasteiger partial charge in [-0.05, 0) is 0 Å². The number of nitrogens with one attached hydrogen (secondary N) is 1. The average molecular weight is 185 g/mol. The van der Waals surface area contributed by atoms with Crippen LogP contribution in [-0.2, 0) is 4.79 Å². The van der Waals surface area contributed by atoms with Gasteiger partial charge in [0.25, 0.3) is 0 Å². The zero-order chi connectivity index (χ0) is 9.94. The van der Waals surface area contributed by atoms with E-state index in [9.17, 15) is 18.0 Å². The van der Waals surface area contributed by atoms with Crippen molar-refractivity contribution >= 4 is 5.91 Å². The van der Waals surface area contributed by atoms with Gasteiger partial charge in [-0.25, -0.2) is 0 Å². The van der Waals surface area contributed by atoms with Crippen LogP contribution in [0.1, 0.15) is 13.8 Å². The van der Waals surface area contributed by atoms with Crippen LogP contribution in [0.3, 0.4) is 0 Å². The summed E-state index contributed by atoms with van der Waals surface area (Å²) in [6.07, 6.45) is -7.57. The van der Waals surface area contributed by atoms with Crippen LogP contribution in [0.4, 0.5) is 13.2 Å². The fourth-order valence-electron chi connectivity index (χ4n) is 0.383. The molecule has 0 aliphatic carbocycles. The summed E-state index contributed by atoms with van der Waals surface area (Å²) in [6, 6.07) is 0. The molecule has 0 fully saturated rings. The average Bonchev–Trinajstić information content (AvgIpc) is 1.85. The van der Waals surface area contributed by atoms with Gasteiger partial charge in [0.05, 0.1) is 0 Å². The van der Waals surface area contributed by atoms with E-state index in [4.69, 9.17) is 5.11 Å². The molecule has 6 heteroatoms. The van der Waals surface area contributed by atoms with Gasteiger partial charge >= 0.3 is 6.18 Å². The summed E-state index contributed by atoms with van der Waals surface area (Å²) in [6.45, 7) is 2.86. The molecule has 3 nitrogen and oxygen atoms in total. The Morgan fingerprint density at radius 1 is 1.42 bits per heavy atom. The molecule has 0 saturated carbocycles. The highest BCUT2D eigenvalue weighted by atomic mass is 19.4. The molecule has 2 N–H and O–H groups in total. The highest BCUT2D eigenvalue weighted by molar-refractivity contribution is 5.78. The molecule has 0 rings (SSSR count). The number of rotatable bonds is 2. The van der Waals surface area contributed by atoms with Gasteiger partial charge in [-0.1, -0.05) is 13.8 Å². The first-order valence-electron chi connectivity index (χ1n) is 3.30. The second kappa shape index (κ2) is 3.75. The topological polar surface area (TPSA) is 49.3 Å². The molecule has 0 bridgehead atoms. The Bertz CT molecular complexity index is 167. The van der Waals surface area contributed by atoms with E-state index < -0.39 is 24.2 Å². The van der Waals surface area contributed by atoms with E-state index in [0.29, 0.717) is 0 Å². The van der Waals surface area contributed by atoms with E-state index in [1.807, 2.05) is 0 Å². The highest BCUT2D eigenvalue weighted by Crippen LogP contribution is 2.18. The third-order valence-electron chi connectivity index (χ3n) is 1.11. The zero-order valence-corrected chi connectivity index (χ0v) is 6.64. The van der Waals surface area contributed by atoms with Crippen molar-refractivity contribution in [2.24, 2.45) is 5.92 Å². The van der Waals surface area contributed by atoms with Crippen molar-refractivity contribution in [1.82, 2.24) is 5.32 Å². The van der Waals surface area contributed by atoms with E-state index in [0.717, 1.165) is 0 Å². The Hall–Kier alpha value is -0.780. The van der Waals surface area contributed by atoms with Crippen molar-refractivity contribution in [3.63, 3.8) is 0 Å². The van der Waals surface area contributed by atoms with Crippen molar-refractivity contribution in [3.05, 3.63) is 0 Å². The van der Waals surface area contributed by atoms with E-state index in [1.54, 1.807) is 0 Å². The van der Waals surface area contributed by atoms with Gasteiger partial charge in [-0.2, -0.15) is 13.2 Å². The quantitative estimate of drug-likeness (QED) is 0.620.